The summed E-state index contributed by atoms with van der Waals surface area (Å²) < 4.78 is 0. The van der Waals surface area contributed by atoms with Crippen molar-refractivity contribution in [2.45, 2.75) is 41.5 Å². The molecule has 1 aliphatic rings. The van der Waals surface area contributed by atoms with Gasteiger partial charge >= 0.3 is 21.7 Å². The summed E-state index contributed by atoms with van der Waals surface area (Å²) in [5.41, 5.74) is 5.78. The number of fused-ring (bicyclic) bond motifs is 1. The Morgan fingerprint density at radius 1 is 0.857 bits per heavy atom. The number of hydrogen-bond acceptors (Lipinski definition) is 0. The number of rotatable bonds is 2. The molecule has 0 nitrogen and oxygen atoms in total. The van der Waals surface area contributed by atoms with Gasteiger partial charge in [-0.1, -0.05) is 63.4 Å². The molecule has 0 saturated heterocycles. The second kappa shape index (κ2) is 9.45. The van der Waals surface area contributed by atoms with E-state index in [0.29, 0.717) is 0 Å². The summed E-state index contributed by atoms with van der Waals surface area (Å²) >= 11 is 0. The maximum Gasteiger partial charge on any atom is 2.00 e. The summed E-state index contributed by atoms with van der Waals surface area (Å²) in [6.07, 6.45) is 3.44. The van der Waals surface area contributed by atoms with Crippen LogP contribution in [0.4, 0.5) is 0 Å². The number of aryl methyl sites for hydroxylation is 1. The third kappa shape index (κ3) is 4.98. The van der Waals surface area contributed by atoms with Crippen LogP contribution in [0.25, 0.3) is 10.8 Å². The molecule has 2 heteroatoms. The van der Waals surface area contributed by atoms with Gasteiger partial charge < -0.3 is 0 Å². The van der Waals surface area contributed by atoms with Gasteiger partial charge in [0.2, 0.25) is 0 Å². The van der Waals surface area contributed by atoms with Gasteiger partial charge in [-0.15, -0.1) is 55.8 Å². The second-order valence-corrected chi connectivity index (χ2v) is 9.23. The molecule has 142 valence electrons. The van der Waals surface area contributed by atoms with Gasteiger partial charge in [-0.3, -0.25) is 6.08 Å². The fourth-order valence-electron chi connectivity index (χ4n) is 3.52. The van der Waals surface area contributed by atoms with Crippen LogP contribution in [0.1, 0.15) is 40.2 Å². The van der Waals surface area contributed by atoms with E-state index in [4.69, 9.17) is 0 Å². The molecule has 1 aliphatic carbocycles. The smallest absolute Gasteiger partial charge is 0.263 e. The van der Waals surface area contributed by atoms with E-state index < -0.39 is 0 Å². The van der Waals surface area contributed by atoms with Crippen LogP contribution in [0, 0.1) is 18.4 Å². The standard InChI is InChI=1S/C16H14P.C10H15.Ti/c1-12-6-2-5-9-15(12)17-16-11-10-13-7-3-4-8-14(13)16;1-7-6-10(4,5)9(3)8(7)2;/h2-11,17H,1H3;1-5H3;/q2*-1;+2. The van der Waals surface area contributed by atoms with Crippen molar-refractivity contribution in [2.75, 3.05) is 0 Å². The molecule has 1 atom stereocenters. The predicted octanol–water partition coefficient (Wildman–Crippen LogP) is 6.61. The molecule has 0 saturated carbocycles. The molecule has 0 heterocycles. The van der Waals surface area contributed by atoms with Crippen LogP contribution >= 0.6 is 8.58 Å². The summed E-state index contributed by atoms with van der Waals surface area (Å²) in [7, 11) is 0.754. The van der Waals surface area contributed by atoms with Crippen molar-refractivity contribution in [3.63, 3.8) is 0 Å². The van der Waals surface area contributed by atoms with E-state index in [1.807, 2.05) is 0 Å². The minimum Gasteiger partial charge on any atom is -0.263 e. The van der Waals surface area contributed by atoms with E-state index in [1.54, 1.807) is 0 Å². The van der Waals surface area contributed by atoms with Crippen LogP contribution in [0.2, 0.25) is 0 Å². The first-order valence-electron chi connectivity index (χ1n) is 9.57. The van der Waals surface area contributed by atoms with Crippen molar-refractivity contribution < 1.29 is 21.7 Å². The Hall–Kier alpha value is -1.33. The molecule has 0 aromatic heterocycles. The maximum absolute atomic E-state index is 3.44. The quantitative estimate of drug-likeness (QED) is 0.249. The Morgan fingerprint density at radius 2 is 1.50 bits per heavy atom. The van der Waals surface area contributed by atoms with Gasteiger partial charge in [-0.05, 0) is 17.8 Å². The summed E-state index contributed by atoms with van der Waals surface area (Å²) in [4.78, 5) is 0. The molecule has 0 bridgehead atoms. The zero-order valence-electron chi connectivity index (χ0n) is 17.8. The summed E-state index contributed by atoms with van der Waals surface area (Å²) in [6.45, 7) is 13.1. The molecular formula is C26H29PTi. The SMILES string of the molecule is CC1=[C-]C(C)(C)C(C)=C1C.Cc1ccccc1P[c-]1ccc2ccccc21.[Ti+2]. The van der Waals surface area contributed by atoms with Crippen molar-refractivity contribution in [2.24, 2.45) is 5.41 Å². The van der Waals surface area contributed by atoms with Gasteiger partial charge in [-0.2, -0.15) is 17.2 Å². The molecule has 0 aliphatic heterocycles. The molecule has 0 fully saturated rings. The predicted molar refractivity (Wildman–Crippen MR) is 123 cm³/mol. The third-order valence-electron chi connectivity index (χ3n) is 5.66. The zero-order valence-corrected chi connectivity index (χ0v) is 20.3. The molecule has 3 aromatic rings. The number of benzene rings is 2. The van der Waals surface area contributed by atoms with E-state index >= 15 is 0 Å². The Bertz CT molecular complexity index is 1020. The van der Waals surface area contributed by atoms with Gasteiger partial charge in [0.25, 0.3) is 0 Å². The van der Waals surface area contributed by atoms with Crippen molar-refractivity contribution in [1.29, 1.82) is 0 Å². The summed E-state index contributed by atoms with van der Waals surface area (Å²) in [5.74, 6) is 0. The topological polar surface area (TPSA) is 0 Å². The number of hydrogen-bond donors (Lipinski definition) is 0. The number of allylic oxidation sites excluding steroid dienone is 4. The van der Waals surface area contributed by atoms with Gasteiger partial charge in [0, 0.05) is 0 Å². The minimum atomic E-state index is 0. The van der Waals surface area contributed by atoms with Gasteiger partial charge in [0.15, 0.2) is 0 Å². The normalized spacial score (nSPS) is 15.4. The van der Waals surface area contributed by atoms with Crippen molar-refractivity contribution >= 4 is 30.0 Å². The van der Waals surface area contributed by atoms with Gasteiger partial charge in [0.05, 0.1) is 0 Å². The first kappa shape index (κ1) is 23.0. The van der Waals surface area contributed by atoms with Crippen LogP contribution in [0.5, 0.6) is 0 Å². The van der Waals surface area contributed by atoms with E-state index in [0.717, 1.165) is 8.58 Å². The molecule has 4 rings (SSSR count). The van der Waals surface area contributed by atoms with Gasteiger partial charge in [0.1, 0.15) is 0 Å². The second-order valence-electron chi connectivity index (χ2n) is 7.90. The average molecular weight is 420 g/mol. The van der Waals surface area contributed by atoms with Crippen LogP contribution in [0.15, 0.2) is 77.4 Å². The summed E-state index contributed by atoms with van der Waals surface area (Å²) in [6, 6.07) is 21.7. The fourth-order valence-corrected chi connectivity index (χ4v) is 4.80. The zero-order chi connectivity index (χ0) is 19.6. The third-order valence-corrected chi connectivity index (χ3v) is 7.19. The molecule has 28 heavy (non-hydrogen) atoms. The Kier molecular flexibility index (Phi) is 7.75. The molecule has 0 radical (unpaired) electrons. The first-order valence-corrected chi connectivity index (χ1v) is 10.6. The minimum absolute atomic E-state index is 0. The van der Waals surface area contributed by atoms with Crippen LogP contribution in [0.3, 0.4) is 0 Å². The molecular weight excluding hydrogens is 391 g/mol. The van der Waals surface area contributed by atoms with E-state index in [9.17, 15) is 0 Å². The Balaban J connectivity index is 0.000000221. The average Bonchev–Trinajstić information content (AvgIpc) is 3.12. The molecule has 3 aromatic carbocycles. The van der Waals surface area contributed by atoms with E-state index in [2.05, 4.69) is 108 Å². The Labute approximate surface area is 187 Å². The summed E-state index contributed by atoms with van der Waals surface area (Å²) in [5, 5.41) is 5.65. The van der Waals surface area contributed by atoms with Crippen LogP contribution < -0.4 is 10.6 Å². The van der Waals surface area contributed by atoms with Crippen LogP contribution in [-0.2, 0) is 21.7 Å². The molecule has 0 N–H and O–H groups in total. The Morgan fingerprint density at radius 3 is 2.07 bits per heavy atom. The van der Waals surface area contributed by atoms with Crippen molar-refractivity contribution in [3.05, 3.63) is 89.0 Å². The van der Waals surface area contributed by atoms with E-state index in [-0.39, 0.29) is 27.1 Å². The largest absolute Gasteiger partial charge is 2.00 e. The molecule has 0 amide bonds. The van der Waals surface area contributed by atoms with Crippen LogP contribution in [-0.4, -0.2) is 0 Å². The molecule has 0 spiro atoms. The van der Waals surface area contributed by atoms with Crippen molar-refractivity contribution in [1.82, 2.24) is 0 Å². The first-order chi connectivity index (χ1) is 12.8. The monoisotopic (exact) mass is 420 g/mol. The van der Waals surface area contributed by atoms with E-state index in [1.165, 1.54) is 43.7 Å². The molecule has 1 unspecified atom stereocenters. The van der Waals surface area contributed by atoms with Gasteiger partial charge in [-0.25, -0.2) is 5.57 Å². The fraction of sp³-hybridized carbons (Fsp3) is 0.269. The van der Waals surface area contributed by atoms with Crippen molar-refractivity contribution in [3.8, 4) is 0 Å². The maximum atomic E-state index is 3.44.